The number of benzene rings is 2. The van der Waals surface area contributed by atoms with Crippen molar-refractivity contribution in [3.63, 3.8) is 0 Å². The lowest BCUT2D eigenvalue weighted by Crippen LogP contribution is -2.23. The van der Waals surface area contributed by atoms with Gasteiger partial charge in [-0.25, -0.2) is 0 Å². The van der Waals surface area contributed by atoms with Crippen LogP contribution in [0.15, 0.2) is 54.6 Å². The van der Waals surface area contributed by atoms with Crippen LogP contribution >= 0.6 is 15.9 Å². The molecule has 0 aliphatic carbocycles. The van der Waals surface area contributed by atoms with Crippen molar-refractivity contribution in [3.8, 4) is 11.1 Å². The number of alkyl halides is 4. The zero-order chi connectivity index (χ0) is 19.0. The largest absolute Gasteiger partial charge is 0.395 e. The minimum atomic E-state index is -4.23. The molecule has 0 spiro atoms. The van der Waals surface area contributed by atoms with E-state index in [2.05, 4.69) is 22.9 Å². The fourth-order valence-corrected chi connectivity index (χ4v) is 3.86. The third kappa shape index (κ3) is 6.46. The van der Waals surface area contributed by atoms with Crippen molar-refractivity contribution < 1.29 is 13.2 Å². The Morgan fingerprint density at radius 3 is 2.04 bits per heavy atom. The van der Waals surface area contributed by atoms with Gasteiger partial charge in [0.25, 0.3) is 0 Å². The fraction of sp³-hybridized carbons (Fsp3) is 0.455. The molecule has 0 heterocycles. The van der Waals surface area contributed by atoms with Crippen molar-refractivity contribution in [2.24, 2.45) is 0 Å². The molecule has 2 atom stereocenters. The molecule has 2 aromatic rings. The topological polar surface area (TPSA) is 0 Å². The van der Waals surface area contributed by atoms with E-state index < -0.39 is 12.1 Å². The van der Waals surface area contributed by atoms with Crippen molar-refractivity contribution >= 4 is 15.9 Å². The van der Waals surface area contributed by atoms with E-state index in [1.54, 1.807) is 24.3 Å². The van der Waals surface area contributed by atoms with Crippen molar-refractivity contribution in [2.45, 2.75) is 62.4 Å². The Kier molecular flexibility index (Phi) is 8.20. The van der Waals surface area contributed by atoms with Crippen LogP contribution in [0.25, 0.3) is 11.1 Å². The molecular weight excluding hydrogens is 401 g/mol. The summed E-state index contributed by atoms with van der Waals surface area (Å²) in [7, 11) is 0. The molecule has 0 saturated carbocycles. The highest BCUT2D eigenvalue weighted by Crippen LogP contribution is 2.40. The maximum Gasteiger partial charge on any atom is 0.395 e. The van der Waals surface area contributed by atoms with Gasteiger partial charge in [0.05, 0.1) is 5.92 Å². The van der Waals surface area contributed by atoms with Gasteiger partial charge < -0.3 is 0 Å². The van der Waals surface area contributed by atoms with Gasteiger partial charge in [-0.2, -0.15) is 13.2 Å². The molecule has 0 aliphatic rings. The monoisotopic (exact) mass is 426 g/mol. The van der Waals surface area contributed by atoms with Gasteiger partial charge in [0, 0.05) is 4.83 Å². The molecule has 4 heteroatoms. The Hall–Kier alpha value is -1.29. The normalized spacial score (nSPS) is 14.2. The molecule has 0 N–H and O–H groups in total. The van der Waals surface area contributed by atoms with E-state index in [1.165, 1.54) is 0 Å². The molecule has 0 saturated heterocycles. The van der Waals surface area contributed by atoms with Gasteiger partial charge in [0.15, 0.2) is 0 Å². The number of halogens is 4. The smallest absolute Gasteiger partial charge is 0.170 e. The van der Waals surface area contributed by atoms with E-state index in [-0.39, 0.29) is 11.2 Å². The Bertz CT molecular complexity index is 635. The maximum absolute atomic E-state index is 13.6. The standard InChI is InChI=1S/C22H26BrF3/c1-2-3-4-8-11-20(23)16-21(22(24,25)26)19-14-12-18(13-15-19)17-9-6-5-7-10-17/h5-7,9-10,12-15,20-21H,2-4,8,11,16H2,1H3/t20-,21-/m0/s1. The zero-order valence-electron chi connectivity index (χ0n) is 15.1. The van der Waals surface area contributed by atoms with Crippen molar-refractivity contribution in [2.75, 3.05) is 0 Å². The molecule has 0 radical (unpaired) electrons. The summed E-state index contributed by atoms with van der Waals surface area (Å²) in [5.74, 6) is -1.43. The summed E-state index contributed by atoms with van der Waals surface area (Å²) in [6.07, 6.45) is 0.969. The molecule has 0 unspecified atom stereocenters. The lowest BCUT2D eigenvalue weighted by molar-refractivity contribution is -0.151. The van der Waals surface area contributed by atoms with Gasteiger partial charge >= 0.3 is 6.18 Å². The number of hydrogen-bond donors (Lipinski definition) is 0. The van der Waals surface area contributed by atoms with E-state index in [1.807, 2.05) is 30.3 Å². The highest BCUT2D eigenvalue weighted by molar-refractivity contribution is 9.09. The second-order valence-electron chi connectivity index (χ2n) is 6.76. The summed E-state index contributed by atoms with van der Waals surface area (Å²) < 4.78 is 40.8. The van der Waals surface area contributed by atoms with E-state index in [0.29, 0.717) is 5.56 Å². The summed E-state index contributed by atoms with van der Waals surface area (Å²) in [5, 5.41) is 0. The number of hydrogen-bond acceptors (Lipinski definition) is 0. The molecule has 0 aliphatic heterocycles. The highest BCUT2D eigenvalue weighted by Gasteiger charge is 2.41. The van der Waals surface area contributed by atoms with E-state index in [4.69, 9.17) is 0 Å². The van der Waals surface area contributed by atoms with Gasteiger partial charge in [-0.3, -0.25) is 0 Å². The molecule has 2 aromatic carbocycles. The minimum absolute atomic E-state index is 0.0836. The lowest BCUT2D eigenvalue weighted by Gasteiger charge is -2.23. The van der Waals surface area contributed by atoms with Crippen LogP contribution in [-0.4, -0.2) is 11.0 Å². The van der Waals surface area contributed by atoms with Crippen LogP contribution in [0.2, 0.25) is 0 Å². The first-order chi connectivity index (χ1) is 12.4. The first-order valence-corrected chi connectivity index (χ1v) is 10.2. The van der Waals surface area contributed by atoms with E-state index in [0.717, 1.165) is 43.2 Å². The predicted octanol–water partition coefficient (Wildman–Crippen LogP) is 8.12. The van der Waals surface area contributed by atoms with Crippen LogP contribution in [0.5, 0.6) is 0 Å². The third-order valence-corrected chi connectivity index (χ3v) is 5.51. The number of unbranched alkanes of at least 4 members (excludes halogenated alkanes) is 3. The molecule has 0 nitrogen and oxygen atoms in total. The van der Waals surface area contributed by atoms with E-state index in [9.17, 15) is 13.2 Å². The second kappa shape index (κ2) is 10.1. The lowest BCUT2D eigenvalue weighted by atomic mass is 9.91. The van der Waals surface area contributed by atoms with Gasteiger partial charge in [-0.1, -0.05) is 103 Å². The summed E-state index contributed by atoms with van der Waals surface area (Å²) in [6, 6.07) is 16.5. The summed E-state index contributed by atoms with van der Waals surface area (Å²) in [6.45, 7) is 2.13. The molecule has 0 amide bonds. The summed E-state index contributed by atoms with van der Waals surface area (Å²) in [4.78, 5) is -0.111. The van der Waals surface area contributed by atoms with Gasteiger partial charge in [-0.05, 0) is 29.5 Å². The zero-order valence-corrected chi connectivity index (χ0v) is 16.7. The Balaban J connectivity index is 2.07. The first-order valence-electron chi connectivity index (χ1n) is 9.28. The Labute approximate surface area is 163 Å². The Morgan fingerprint density at radius 1 is 0.846 bits per heavy atom. The average molecular weight is 427 g/mol. The van der Waals surface area contributed by atoms with Gasteiger partial charge in [0.2, 0.25) is 0 Å². The fourth-order valence-electron chi connectivity index (χ4n) is 3.16. The first kappa shape index (κ1) is 21.0. The minimum Gasteiger partial charge on any atom is -0.170 e. The molecule has 26 heavy (non-hydrogen) atoms. The average Bonchev–Trinajstić information content (AvgIpc) is 2.63. The predicted molar refractivity (Wildman–Crippen MR) is 107 cm³/mol. The summed E-state index contributed by atoms with van der Waals surface area (Å²) in [5.41, 5.74) is 2.29. The van der Waals surface area contributed by atoms with Crippen molar-refractivity contribution in [1.29, 1.82) is 0 Å². The molecular formula is C22H26BrF3. The van der Waals surface area contributed by atoms with E-state index >= 15 is 0 Å². The van der Waals surface area contributed by atoms with Crippen LogP contribution in [0.4, 0.5) is 13.2 Å². The van der Waals surface area contributed by atoms with Crippen LogP contribution in [0, 0.1) is 0 Å². The van der Waals surface area contributed by atoms with Crippen molar-refractivity contribution in [1.82, 2.24) is 0 Å². The maximum atomic E-state index is 13.6. The second-order valence-corrected chi connectivity index (χ2v) is 8.06. The van der Waals surface area contributed by atoms with Crippen LogP contribution in [0.1, 0.15) is 56.9 Å². The molecule has 0 aromatic heterocycles. The van der Waals surface area contributed by atoms with Crippen molar-refractivity contribution in [3.05, 3.63) is 60.2 Å². The van der Waals surface area contributed by atoms with Crippen LogP contribution in [0.3, 0.4) is 0 Å². The number of rotatable bonds is 9. The van der Waals surface area contributed by atoms with Gasteiger partial charge in [0.1, 0.15) is 0 Å². The SMILES string of the molecule is CCCCCC[C@H](Br)C[C@@H](c1ccc(-c2ccccc2)cc1)C(F)(F)F. The quantitative estimate of drug-likeness (QED) is 0.280. The van der Waals surface area contributed by atoms with Crippen LogP contribution < -0.4 is 0 Å². The summed E-state index contributed by atoms with van der Waals surface area (Å²) >= 11 is 3.47. The molecule has 0 fully saturated rings. The molecule has 0 bridgehead atoms. The van der Waals surface area contributed by atoms with Gasteiger partial charge in [-0.15, -0.1) is 0 Å². The molecule has 2 rings (SSSR count). The van der Waals surface area contributed by atoms with Crippen LogP contribution in [-0.2, 0) is 0 Å². The Morgan fingerprint density at radius 2 is 1.46 bits per heavy atom. The third-order valence-electron chi connectivity index (χ3n) is 4.68. The molecule has 142 valence electrons. The highest BCUT2D eigenvalue weighted by atomic mass is 79.9.